The molecule has 0 fully saturated rings. The van der Waals surface area contributed by atoms with Crippen LogP contribution in [0.1, 0.15) is 17.5 Å². The van der Waals surface area contributed by atoms with Crippen molar-refractivity contribution in [3.8, 4) is 5.75 Å². The Morgan fingerprint density at radius 3 is 2.43 bits per heavy atom. The lowest BCUT2D eigenvalue weighted by Gasteiger charge is -2.32. The number of rotatable bonds is 7. The highest BCUT2D eigenvalue weighted by molar-refractivity contribution is 5.66. The molecule has 0 aliphatic carbocycles. The van der Waals surface area contributed by atoms with Gasteiger partial charge in [-0.05, 0) is 42.3 Å². The fourth-order valence-corrected chi connectivity index (χ4v) is 4.12. The van der Waals surface area contributed by atoms with Crippen molar-refractivity contribution < 1.29 is 4.74 Å². The molecule has 0 amide bonds. The molecular weight excluding hydrogens is 344 g/mol. The van der Waals surface area contributed by atoms with Gasteiger partial charge in [-0.15, -0.1) is 6.58 Å². The fourth-order valence-electron chi connectivity index (χ4n) is 4.12. The first-order valence-corrected chi connectivity index (χ1v) is 9.65. The largest absolute Gasteiger partial charge is 0.497 e. The van der Waals surface area contributed by atoms with Gasteiger partial charge in [0.2, 0.25) is 0 Å². The van der Waals surface area contributed by atoms with E-state index in [1.54, 1.807) is 7.11 Å². The van der Waals surface area contributed by atoms with Gasteiger partial charge in [0, 0.05) is 30.0 Å². The van der Waals surface area contributed by atoms with Crippen LogP contribution in [0.5, 0.6) is 5.75 Å². The molecule has 3 aromatic carbocycles. The van der Waals surface area contributed by atoms with Gasteiger partial charge >= 0.3 is 0 Å². The van der Waals surface area contributed by atoms with Crippen LogP contribution in [0.25, 0.3) is 0 Å². The minimum Gasteiger partial charge on any atom is -0.497 e. The standard InChI is InChI=1S/C25H26N2O/c1-3-17-25(26-21-13-15-22(28-2)16-14-21)19-27(18-20-9-5-4-6-10-20)24-12-8-7-11-23(24)25/h3-16,26H,1,17-19H2,2H3. The second kappa shape index (κ2) is 7.81. The Labute approximate surface area is 167 Å². The second-order valence-corrected chi connectivity index (χ2v) is 7.29. The molecule has 3 nitrogen and oxygen atoms in total. The number of para-hydroxylation sites is 1. The summed E-state index contributed by atoms with van der Waals surface area (Å²) in [6.45, 7) is 5.82. The zero-order valence-corrected chi connectivity index (χ0v) is 16.3. The lowest BCUT2D eigenvalue weighted by molar-refractivity contribution is 0.415. The fraction of sp³-hybridized carbons (Fsp3) is 0.200. The molecule has 3 aromatic rings. The molecule has 0 saturated carbocycles. The average Bonchev–Trinajstić information content (AvgIpc) is 3.03. The number of anilines is 2. The van der Waals surface area contributed by atoms with E-state index in [4.69, 9.17) is 4.74 Å². The van der Waals surface area contributed by atoms with Crippen molar-refractivity contribution >= 4 is 11.4 Å². The smallest absolute Gasteiger partial charge is 0.119 e. The summed E-state index contributed by atoms with van der Waals surface area (Å²) in [6, 6.07) is 27.5. The van der Waals surface area contributed by atoms with Crippen LogP contribution in [0.3, 0.4) is 0 Å². The molecule has 1 unspecified atom stereocenters. The summed E-state index contributed by atoms with van der Waals surface area (Å²) in [4.78, 5) is 2.46. The molecule has 0 radical (unpaired) electrons. The van der Waals surface area contributed by atoms with Gasteiger partial charge in [0.1, 0.15) is 5.75 Å². The van der Waals surface area contributed by atoms with Crippen LogP contribution >= 0.6 is 0 Å². The molecule has 3 heteroatoms. The third-order valence-corrected chi connectivity index (χ3v) is 5.40. The minimum atomic E-state index is -0.207. The number of benzene rings is 3. The van der Waals surface area contributed by atoms with Crippen LogP contribution < -0.4 is 15.0 Å². The number of fused-ring (bicyclic) bond motifs is 1. The molecule has 0 spiro atoms. The number of nitrogens with one attached hydrogen (secondary N) is 1. The Morgan fingerprint density at radius 1 is 1.00 bits per heavy atom. The predicted molar refractivity (Wildman–Crippen MR) is 117 cm³/mol. The zero-order chi connectivity index (χ0) is 19.4. The summed E-state index contributed by atoms with van der Waals surface area (Å²) in [5.74, 6) is 0.862. The van der Waals surface area contributed by atoms with Crippen molar-refractivity contribution in [1.82, 2.24) is 0 Å². The van der Waals surface area contributed by atoms with Crippen molar-refractivity contribution in [2.75, 3.05) is 23.9 Å². The van der Waals surface area contributed by atoms with E-state index < -0.39 is 0 Å². The maximum Gasteiger partial charge on any atom is 0.119 e. The van der Waals surface area contributed by atoms with E-state index >= 15 is 0 Å². The Morgan fingerprint density at radius 2 is 1.71 bits per heavy atom. The van der Waals surface area contributed by atoms with Gasteiger partial charge in [0.15, 0.2) is 0 Å². The van der Waals surface area contributed by atoms with Crippen LogP contribution in [0.4, 0.5) is 11.4 Å². The van der Waals surface area contributed by atoms with Crippen LogP contribution in [-0.4, -0.2) is 13.7 Å². The van der Waals surface area contributed by atoms with E-state index in [1.807, 2.05) is 18.2 Å². The molecule has 1 N–H and O–H groups in total. The maximum atomic E-state index is 5.30. The minimum absolute atomic E-state index is 0.207. The Bertz CT molecular complexity index is 936. The molecule has 142 valence electrons. The number of hydrogen-bond donors (Lipinski definition) is 1. The molecule has 4 rings (SSSR count). The lowest BCUT2D eigenvalue weighted by atomic mass is 9.88. The zero-order valence-electron chi connectivity index (χ0n) is 16.3. The topological polar surface area (TPSA) is 24.5 Å². The molecule has 1 atom stereocenters. The van der Waals surface area contributed by atoms with Crippen molar-refractivity contribution in [1.29, 1.82) is 0 Å². The molecular formula is C25H26N2O. The van der Waals surface area contributed by atoms with Crippen molar-refractivity contribution in [3.63, 3.8) is 0 Å². The Hall–Kier alpha value is -3.20. The van der Waals surface area contributed by atoms with Gasteiger partial charge in [-0.2, -0.15) is 0 Å². The summed E-state index contributed by atoms with van der Waals surface area (Å²) < 4.78 is 5.30. The van der Waals surface area contributed by atoms with E-state index in [1.165, 1.54) is 16.8 Å². The summed E-state index contributed by atoms with van der Waals surface area (Å²) >= 11 is 0. The number of nitrogens with zero attached hydrogens (tertiary/aromatic N) is 1. The number of methoxy groups -OCH3 is 1. The lowest BCUT2D eigenvalue weighted by Crippen LogP contribution is -2.40. The predicted octanol–water partition coefficient (Wildman–Crippen LogP) is 5.60. The summed E-state index contributed by atoms with van der Waals surface area (Å²) in [7, 11) is 1.69. The summed E-state index contributed by atoms with van der Waals surface area (Å²) in [6.07, 6.45) is 2.86. The third kappa shape index (κ3) is 3.48. The summed E-state index contributed by atoms with van der Waals surface area (Å²) in [5, 5.41) is 3.81. The maximum absolute atomic E-state index is 5.30. The third-order valence-electron chi connectivity index (χ3n) is 5.40. The van der Waals surface area contributed by atoms with Gasteiger partial charge < -0.3 is 15.0 Å². The molecule has 0 bridgehead atoms. The highest BCUT2D eigenvalue weighted by atomic mass is 16.5. The van der Waals surface area contributed by atoms with Gasteiger partial charge in [0.05, 0.1) is 12.6 Å². The highest BCUT2D eigenvalue weighted by Gasteiger charge is 2.41. The van der Waals surface area contributed by atoms with E-state index in [2.05, 4.69) is 83.5 Å². The average molecular weight is 370 g/mol. The van der Waals surface area contributed by atoms with E-state index in [0.717, 1.165) is 30.9 Å². The molecule has 1 heterocycles. The molecule has 28 heavy (non-hydrogen) atoms. The van der Waals surface area contributed by atoms with Gasteiger partial charge in [-0.3, -0.25) is 0 Å². The van der Waals surface area contributed by atoms with E-state index in [9.17, 15) is 0 Å². The van der Waals surface area contributed by atoms with Gasteiger partial charge in [-0.1, -0.05) is 54.6 Å². The van der Waals surface area contributed by atoms with Crippen molar-refractivity contribution in [2.45, 2.75) is 18.5 Å². The first-order chi connectivity index (χ1) is 13.7. The second-order valence-electron chi connectivity index (χ2n) is 7.29. The molecule has 1 aliphatic rings. The summed E-state index contributed by atoms with van der Waals surface area (Å²) in [5.41, 5.74) is 4.80. The van der Waals surface area contributed by atoms with Crippen molar-refractivity contribution in [2.24, 2.45) is 0 Å². The molecule has 1 aliphatic heterocycles. The monoisotopic (exact) mass is 370 g/mol. The number of ether oxygens (including phenoxy) is 1. The van der Waals surface area contributed by atoms with Crippen LogP contribution in [0.15, 0.2) is 91.5 Å². The normalized spacial score (nSPS) is 17.8. The highest BCUT2D eigenvalue weighted by Crippen LogP contribution is 2.44. The van der Waals surface area contributed by atoms with Crippen LogP contribution in [0, 0.1) is 0 Å². The quantitative estimate of drug-likeness (QED) is 0.548. The molecule has 0 saturated heterocycles. The Kier molecular flexibility index (Phi) is 5.07. The SMILES string of the molecule is C=CCC1(Nc2ccc(OC)cc2)CN(Cc2ccccc2)c2ccccc21. The van der Waals surface area contributed by atoms with Crippen LogP contribution in [-0.2, 0) is 12.1 Å². The molecule has 0 aromatic heterocycles. The first kappa shape index (κ1) is 18.2. The Balaban J connectivity index is 1.68. The van der Waals surface area contributed by atoms with Crippen molar-refractivity contribution in [3.05, 3.63) is 103 Å². The van der Waals surface area contributed by atoms with Gasteiger partial charge in [-0.25, -0.2) is 0 Å². The first-order valence-electron chi connectivity index (χ1n) is 9.65. The van der Waals surface area contributed by atoms with Gasteiger partial charge in [0.25, 0.3) is 0 Å². The van der Waals surface area contributed by atoms with Crippen LogP contribution in [0.2, 0.25) is 0 Å². The number of hydrogen-bond acceptors (Lipinski definition) is 3. The van der Waals surface area contributed by atoms with E-state index in [0.29, 0.717) is 0 Å². The van der Waals surface area contributed by atoms with E-state index in [-0.39, 0.29) is 5.54 Å².